The van der Waals surface area contributed by atoms with Gasteiger partial charge in [0.2, 0.25) is 0 Å². The third kappa shape index (κ3) is 7.14. The largest absolute Gasteiger partial charge is 0.444 e. The summed E-state index contributed by atoms with van der Waals surface area (Å²) in [6.07, 6.45) is 0.395. The third-order valence-electron chi connectivity index (χ3n) is 3.99. The fourth-order valence-corrected chi connectivity index (χ4v) is 2.62. The van der Waals surface area contributed by atoms with Gasteiger partial charge in [-0.2, -0.15) is 0 Å². The Morgan fingerprint density at radius 1 is 1.16 bits per heavy atom. The van der Waals surface area contributed by atoms with E-state index in [1.807, 2.05) is 32.6 Å². The number of hydrogen-bond donors (Lipinski definition) is 1. The molecule has 0 aromatic rings. The van der Waals surface area contributed by atoms with Crippen LogP contribution in [0.5, 0.6) is 0 Å². The van der Waals surface area contributed by atoms with Gasteiger partial charge in [-0.05, 0) is 27.7 Å². The predicted molar refractivity (Wildman–Crippen MR) is 106 cm³/mol. The highest BCUT2D eigenvalue weighted by Gasteiger charge is 2.30. The molecule has 0 aliphatic carbocycles. The first-order valence-corrected chi connectivity index (χ1v) is 8.49. The SMILES string of the molecule is CC(C)(C)OC(=O)N1CCN(C(N)=NCCC2(C)OCCO2)CC1.I. The third-order valence-corrected chi connectivity index (χ3v) is 3.99. The topological polar surface area (TPSA) is 89.6 Å². The van der Waals surface area contributed by atoms with Crippen LogP contribution in [-0.2, 0) is 14.2 Å². The van der Waals surface area contributed by atoms with E-state index in [9.17, 15) is 4.79 Å². The second-order valence-corrected chi connectivity index (χ2v) is 7.28. The lowest BCUT2D eigenvalue weighted by atomic mass is 10.2. The summed E-state index contributed by atoms with van der Waals surface area (Å²) in [5.74, 6) is -0.0421. The van der Waals surface area contributed by atoms with E-state index in [1.54, 1.807) is 4.90 Å². The van der Waals surface area contributed by atoms with Gasteiger partial charge in [0.25, 0.3) is 0 Å². The van der Waals surface area contributed by atoms with E-state index in [2.05, 4.69) is 4.99 Å². The number of halogens is 1. The smallest absolute Gasteiger partial charge is 0.410 e. The van der Waals surface area contributed by atoms with Crippen molar-refractivity contribution < 1.29 is 19.0 Å². The van der Waals surface area contributed by atoms with Crippen molar-refractivity contribution in [3.8, 4) is 0 Å². The minimum atomic E-state index is -0.542. The second-order valence-electron chi connectivity index (χ2n) is 7.28. The van der Waals surface area contributed by atoms with Crippen LogP contribution in [0, 0.1) is 0 Å². The maximum Gasteiger partial charge on any atom is 0.410 e. The van der Waals surface area contributed by atoms with Crippen molar-refractivity contribution in [2.45, 2.75) is 45.5 Å². The Labute approximate surface area is 167 Å². The number of ether oxygens (including phenoxy) is 3. The van der Waals surface area contributed by atoms with Crippen molar-refractivity contribution in [2.75, 3.05) is 45.9 Å². The molecule has 0 spiro atoms. The summed E-state index contributed by atoms with van der Waals surface area (Å²) < 4.78 is 16.5. The zero-order valence-electron chi connectivity index (χ0n) is 15.6. The molecule has 0 unspecified atom stereocenters. The molecular formula is C16H31IN4O4. The van der Waals surface area contributed by atoms with Crippen molar-refractivity contribution in [1.29, 1.82) is 0 Å². The Morgan fingerprint density at radius 3 is 2.20 bits per heavy atom. The van der Waals surface area contributed by atoms with Gasteiger partial charge < -0.3 is 29.7 Å². The summed E-state index contributed by atoms with van der Waals surface area (Å²) in [5.41, 5.74) is 5.58. The molecule has 2 rings (SSSR count). The van der Waals surface area contributed by atoms with Crippen molar-refractivity contribution in [2.24, 2.45) is 10.7 Å². The minimum Gasteiger partial charge on any atom is -0.444 e. The summed E-state index contributed by atoms with van der Waals surface area (Å²) in [5, 5.41) is 0. The minimum absolute atomic E-state index is 0. The lowest BCUT2D eigenvalue weighted by Gasteiger charge is -2.36. The zero-order valence-corrected chi connectivity index (χ0v) is 17.9. The van der Waals surface area contributed by atoms with E-state index >= 15 is 0 Å². The van der Waals surface area contributed by atoms with Gasteiger partial charge in [-0.15, -0.1) is 24.0 Å². The molecule has 9 heteroatoms. The Kier molecular flexibility index (Phi) is 8.20. The van der Waals surface area contributed by atoms with Crippen molar-refractivity contribution in [3.63, 3.8) is 0 Å². The molecule has 2 N–H and O–H groups in total. The van der Waals surface area contributed by atoms with E-state index in [-0.39, 0.29) is 30.1 Å². The number of rotatable bonds is 3. The zero-order chi connectivity index (χ0) is 17.8. The molecule has 2 saturated heterocycles. The summed E-state index contributed by atoms with van der Waals surface area (Å²) in [7, 11) is 0. The van der Waals surface area contributed by atoms with Crippen LogP contribution in [0.2, 0.25) is 0 Å². The number of nitrogens with two attached hydrogens (primary N) is 1. The number of guanidine groups is 1. The number of carbonyl (C=O) groups excluding carboxylic acids is 1. The molecule has 0 bridgehead atoms. The fraction of sp³-hybridized carbons (Fsp3) is 0.875. The maximum atomic E-state index is 12.0. The van der Waals surface area contributed by atoms with Gasteiger partial charge in [-0.25, -0.2) is 4.79 Å². The van der Waals surface area contributed by atoms with Crippen LogP contribution in [0.4, 0.5) is 4.79 Å². The molecular weight excluding hydrogens is 439 g/mol. The Balaban J connectivity index is 0.00000312. The summed E-state index contributed by atoms with van der Waals surface area (Å²) in [6.45, 7) is 11.8. The van der Waals surface area contributed by atoms with E-state index < -0.39 is 11.4 Å². The predicted octanol–water partition coefficient (Wildman–Crippen LogP) is 1.62. The lowest BCUT2D eigenvalue weighted by Crippen LogP contribution is -2.53. The quantitative estimate of drug-likeness (QED) is 0.383. The Hall–Kier alpha value is -0.810. The van der Waals surface area contributed by atoms with Gasteiger partial charge in [0.1, 0.15) is 5.60 Å². The van der Waals surface area contributed by atoms with E-state index in [4.69, 9.17) is 19.9 Å². The summed E-state index contributed by atoms with van der Waals surface area (Å²) in [6, 6.07) is 0. The molecule has 2 aliphatic heterocycles. The van der Waals surface area contributed by atoms with E-state index in [0.29, 0.717) is 58.3 Å². The van der Waals surface area contributed by atoms with Gasteiger partial charge in [0, 0.05) is 39.1 Å². The number of aliphatic imine (C=N–C) groups is 1. The summed E-state index contributed by atoms with van der Waals surface area (Å²) in [4.78, 5) is 20.1. The molecule has 0 radical (unpaired) electrons. The maximum absolute atomic E-state index is 12.0. The van der Waals surface area contributed by atoms with Crippen LogP contribution in [0.25, 0.3) is 0 Å². The highest BCUT2D eigenvalue weighted by Crippen LogP contribution is 2.22. The van der Waals surface area contributed by atoms with Crippen LogP contribution >= 0.6 is 24.0 Å². The molecule has 0 atom stereocenters. The van der Waals surface area contributed by atoms with Gasteiger partial charge in [-0.1, -0.05) is 0 Å². The molecule has 2 fully saturated rings. The highest BCUT2D eigenvalue weighted by atomic mass is 127. The summed E-state index contributed by atoms with van der Waals surface area (Å²) >= 11 is 0. The number of nitrogens with zero attached hydrogens (tertiary/aromatic N) is 3. The monoisotopic (exact) mass is 470 g/mol. The first kappa shape index (κ1) is 22.2. The lowest BCUT2D eigenvalue weighted by molar-refractivity contribution is -0.144. The molecule has 25 heavy (non-hydrogen) atoms. The van der Waals surface area contributed by atoms with E-state index in [1.165, 1.54) is 0 Å². The Bertz CT molecular complexity index is 467. The molecule has 2 aliphatic rings. The first-order chi connectivity index (χ1) is 11.2. The molecule has 8 nitrogen and oxygen atoms in total. The van der Waals surface area contributed by atoms with Crippen molar-refractivity contribution in [1.82, 2.24) is 9.80 Å². The van der Waals surface area contributed by atoms with Crippen LogP contribution in [0.3, 0.4) is 0 Å². The van der Waals surface area contributed by atoms with Crippen molar-refractivity contribution in [3.05, 3.63) is 0 Å². The van der Waals surface area contributed by atoms with E-state index in [0.717, 1.165) is 0 Å². The molecule has 0 saturated carbocycles. The van der Waals surface area contributed by atoms with Gasteiger partial charge in [0.15, 0.2) is 11.7 Å². The number of hydrogen-bond acceptors (Lipinski definition) is 5. The van der Waals surface area contributed by atoms with Crippen LogP contribution in [-0.4, -0.2) is 79.2 Å². The molecule has 0 aromatic carbocycles. The molecule has 0 aromatic heterocycles. The highest BCUT2D eigenvalue weighted by molar-refractivity contribution is 14.0. The number of carbonyl (C=O) groups is 1. The number of piperazine rings is 1. The second kappa shape index (κ2) is 9.22. The molecule has 2 heterocycles. The van der Waals surface area contributed by atoms with Crippen LogP contribution in [0.1, 0.15) is 34.1 Å². The first-order valence-electron chi connectivity index (χ1n) is 8.49. The standard InChI is InChI=1S/C16H30N4O4.HI/c1-15(2,3)24-14(21)20-9-7-19(8-10-20)13(17)18-6-5-16(4)22-11-12-23-16;/h5-12H2,1-4H3,(H2,17,18);1H. The van der Waals surface area contributed by atoms with Gasteiger partial charge in [-0.3, -0.25) is 4.99 Å². The van der Waals surface area contributed by atoms with Crippen LogP contribution in [0.15, 0.2) is 4.99 Å². The fourth-order valence-electron chi connectivity index (χ4n) is 2.62. The Morgan fingerprint density at radius 2 is 1.68 bits per heavy atom. The molecule has 146 valence electrons. The van der Waals surface area contributed by atoms with Crippen LogP contribution < -0.4 is 5.73 Å². The average Bonchev–Trinajstić information content (AvgIpc) is 2.92. The van der Waals surface area contributed by atoms with Gasteiger partial charge >= 0.3 is 6.09 Å². The molecule has 1 amide bonds. The normalized spacial score (nSPS) is 21.0. The number of amides is 1. The average molecular weight is 470 g/mol. The van der Waals surface area contributed by atoms with Gasteiger partial charge in [0.05, 0.1) is 13.2 Å². The van der Waals surface area contributed by atoms with Crippen molar-refractivity contribution >= 4 is 36.0 Å².